The van der Waals surface area contributed by atoms with Crippen LogP contribution < -0.4 is 16.4 Å². The van der Waals surface area contributed by atoms with Gasteiger partial charge in [0.15, 0.2) is 0 Å². The minimum absolute atomic E-state index is 0.370. The van der Waals surface area contributed by atoms with Gasteiger partial charge in [0.1, 0.15) is 5.82 Å². The lowest BCUT2D eigenvalue weighted by atomic mass is 10.0. The van der Waals surface area contributed by atoms with Crippen molar-refractivity contribution >= 4 is 11.9 Å². The van der Waals surface area contributed by atoms with Gasteiger partial charge in [-0.15, -0.1) is 0 Å². The number of aromatic nitrogens is 3. The second-order valence-corrected chi connectivity index (χ2v) is 10.7. The van der Waals surface area contributed by atoms with Gasteiger partial charge in [-0.05, 0) is 24.8 Å². The number of nitrogens with zero attached hydrogens (tertiary/aromatic N) is 4. The van der Waals surface area contributed by atoms with E-state index < -0.39 is 0 Å². The summed E-state index contributed by atoms with van der Waals surface area (Å²) in [5.41, 5.74) is 6.81. The van der Waals surface area contributed by atoms with Crippen molar-refractivity contribution < 1.29 is 9.47 Å². The highest BCUT2D eigenvalue weighted by Crippen LogP contribution is 2.18. The van der Waals surface area contributed by atoms with Gasteiger partial charge in [0.05, 0.1) is 26.4 Å². The summed E-state index contributed by atoms with van der Waals surface area (Å²) in [6.45, 7) is 8.83. The molecule has 0 aliphatic carbocycles. The number of unbranched alkanes of at least 4 members (excludes halogenated alkanes) is 7. The average molecular weight is 556 g/mol. The summed E-state index contributed by atoms with van der Waals surface area (Å²) >= 11 is 0. The summed E-state index contributed by atoms with van der Waals surface area (Å²) in [7, 11) is 0. The molecular formula is C31H53N7O2. The molecule has 9 nitrogen and oxygen atoms in total. The Morgan fingerprint density at radius 1 is 0.825 bits per heavy atom. The fourth-order valence-electron chi connectivity index (χ4n) is 4.99. The average Bonchev–Trinajstić information content (AvgIpc) is 2.97. The molecule has 1 aromatic carbocycles. The molecule has 0 saturated carbocycles. The minimum atomic E-state index is 0.370. The Kier molecular flexibility index (Phi) is 16.5. The van der Waals surface area contributed by atoms with Crippen LogP contribution in [0, 0.1) is 0 Å². The van der Waals surface area contributed by atoms with E-state index in [9.17, 15) is 0 Å². The zero-order chi connectivity index (χ0) is 28.1. The van der Waals surface area contributed by atoms with E-state index in [4.69, 9.17) is 30.2 Å². The monoisotopic (exact) mass is 555 g/mol. The van der Waals surface area contributed by atoms with Crippen LogP contribution in [0.4, 0.5) is 11.9 Å². The first-order chi connectivity index (χ1) is 19.8. The van der Waals surface area contributed by atoms with Crippen molar-refractivity contribution in [1.29, 1.82) is 0 Å². The van der Waals surface area contributed by atoms with E-state index in [2.05, 4.69) is 52.8 Å². The number of nitrogens with two attached hydrogens (primary N) is 1. The van der Waals surface area contributed by atoms with E-state index in [1.165, 1.54) is 50.5 Å². The number of likely N-dealkylation sites (tertiary alicyclic amines) is 1. The lowest BCUT2D eigenvalue weighted by Gasteiger charge is -2.32. The van der Waals surface area contributed by atoms with E-state index in [0.717, 1.165) is 51.1 Å². The van der Waals surface area contributed by atoms with Crippen LogP contribution in [0.2, 0.25) is 0 Å². The number of hydrogen-bond acceptors (Lipinski definition) is 9. The first kappa shape index (κ1) is 32.2. The van der Waals surface area contributed by atoms with Crippen molar-refractivity contribution in [2.45, 2.75) is 90.1 Å². The maximum atomic E-state index is 5.64. The maximum Gasteiger partial charge on any atom is 0.227 e. The van der Waals surface area contributed by atoms with Crippen LogP contribution >= 0.6 is 0 Å². The molecule has 1 aromatic heterocycles. The first-order valence-electron chi connectivity index (χ1n) is 15.6. The molecule has 3 rings (SSSR count). The van der Waals surface area contributed by atoms with Crippen molar-refractivity contribution in [2.75, 3.05) is 63.2 Å². The van der Waals surface area contributed by atoms with Crippen LogP contribution in [-0.4, -0.2) is 78.5 Å². The number of hydrogen-bond donors (Lipinski definition) is 3. The van der Waals surface area contributed by atoms with Crippen LogP contribution in [0.1, 0.15) is 82.5 Å². The Balaban J connectivity index is 1.46. The number of anilines is 2. The number of benzene rings is 1. The Hall–Kier alpha value is -2.33. The lowest BCUT2D eigenvalue weighted by Crippen LogP contribution is -2.39. The molecule has 1 aliphatic rings. The lowest BCUT2D eigenvalue weighted by molar-refractivity contribution is 0.0547. The zero-order valence-electron chi connectivity index (χ0n) is 24.8. The van der Waals surface area contributed by atoms with Crippen molar-refractivity contribution in [3.8, 4) is 0 Å². The standard InChI is InChI=1S/C31H53N7O2/c1-2-3-4-5-6-7-8-12-15-29-35-30(33-19-23-40-25-24-39-22-18-32)37-31(36-29)34-28-16-20-38(21-17-28)26-27-13-10-9-11-14-27/h9-11,13-14,28H,2-8,12,15-26,32H2,1H3,(H2,33,34,35,36,37). The van der Waals surface area contributed by atoms with Crippen molar-refractivity contribution in [2.24, 2.45) is 5.73 Å². The molecule has 0 spiro atoms. The van der Waals surface area contributed by atoms with Crippen LogP contribution in [-0.2, 0) is 22.4 Å². The van der Waals surface area contributed by atoms with Crippen molar-refractivity contribution in [3.05, 3.63) is 41.7 Å². The summed E-state index contributed by atoms with van der Waals surface area (Å²) < 4.78 is 11.0. The summed E-state index contributed by atoms with van der Waals surface area (Å²) in [6.07, 6.45) is 13.4. The number of ether oxygens (including phenoxy) is 2. The molecule has 224 valence electrons. The first-order valence-corrected chi connectivity index (χ1v) is 15.6. The molecule has 0 bridgehead atoms. The van der Waals surface area contributed by atoms with Gasteiger partial charge in [-0.1, -0.05) is 82.2 Å². The van der Waals surface area contributed by atoms with Gasteiger partial charge >= 0.3 is 0 Å². The van der Waals surface area contributed by atoms with Crippen LogP contribution in [0.5, 0.6) is 0 Å². The molecule has 2 aromatic rings. The SMILES string of the molecule is CCCCCCCCCCc1nc(NCCOCCOCCN)nc(NC2CCN(Cc3ccccc3)CC2)n1. The van der Waals surface area contributed by atoms with Gasteiger partial charge in [0, 0.05) is 45.2 Å². The molecule has 0 amide bonds. The highest BCUT2D eigenvalue weighted by Gasteiger charge is 2.20. The van der Waals surface area contributed by atoms with E-state index in [0.29, 0.717) is 57.5 Å². The smallest absolute Gasteiger partial charge is 0.227 e. The van der Waals surface area contributed by atoms with Gasteiger partial charge in [-0.3, -0.25) is 4.90 Å². The summed E-state index contributed by atoms with van der Waals surface area (Å²) in [5.74, 6) is 2.17. The third-order valence-electron chi connectivity index (χ3n) is 7.27. The van der Waals surface area contributed by atoms with E-state index >= 15 is 0 Å². The summed E-state index contributed by atoms with van der Waals surface area (Å²) in [6, 6.07) is 11.1. The molecule has 0 unspecified atom stereocenters. The normalized spacial score (nSPS) is 14.4. The van der Waals surface area contributed by atoms with Gasteiger partial charge < -0.3 is 25.8 Å². The highest BCUT2D eigenvalue weighted by molar-refractivity contribution is 5.35. The molecule has 40 heavy (non-hydrogen) atoms. The molecule has 9 heteroatoms. The van der Waals surface area contributed by atoms with Gasteiger partial charge in [-0.25, -0.2) is 0 Å². The Morgan fingerprint density at radius 2 is 1.50 bits per heavy atom. The predicted octanol–water partition coefficient (Wildman–Crippen LogP) is 5.04. The Labute approximate surface area is 242 Å². The van der Waals surface area contributed by atoms with E-state index in [1.807, 2.05) is 0 Å². The van der Waals surface area contributed by atoms with Gasteiger partial charge in [0.25, 0.3) is 0 Å². The molecule has 1 saturated heterocycles. The van der Waals surface area contributed by atoms with Gasteiger partial charge in [0.2, 0.25) is 11.9 Å². The Bertz CT molecular complexity index is 856. The fraction of sp³-hybridized carbons (Fsp3) is 0.710. The summed E-state index contributed by atoms with van der Waals surface area (Å²) in [5, 5.41) is 6.95. The quantitative estimate of drug-likeness (QED) is 0.172. The van der Waals surface area contributed by atoms with Gasteiger partial charge in [-0.2, -0.15) is 15.0 Å². The number of nitrogens with one attached hydrogen (secondary N) is 2. The second-order valence-electron chi connectivity index (χ2n) is 10.7. The Morgan fingerprint density at radius 3 is 2.23 bits per heavy atom. The molecule has 1 fully saturated rings. The third kappa shape index (κ3) is 13.8. The van der Waals surface area contributed by atoms with Crippen molar-refractivity contribution in [3.63, 3.8) is 0 Å². The minimum Gasteiger partial charge on any atom is -0.378 e. The van der Waals surface area contributed by atoms with Crippen LogP contribution in [0.15, 0.2) is 30.3 Å². The number of rotatable bonds is 22. The van der Waals surface area contributed by atoms with E-state index in [1.54, 1.807) is 0 Å². The molecule has 0 radical (unpaired) electrons. The second kappa shape index (κ2) is 20.5. The van der Waals surface area contributed by atoms with E-state index in [-0.39, 0.29) is 0 Å². The van der Waals surface area contributed by atoms with Crippen LogP contribution in [0.3, 0.4) is 0 Å². The van der Waals surface area contributed by atoms with Crippen molar-refractivity contribution in [1.82, 2.24) is 19.9 Å². The number of aryl methyl sites for hydroxylation is 1. The summed E-state index contributed by atoms with van der Waals surface area (Å²) in [4.78, 5) is 16.8. The fourth-order valence-corrected chi connectivity index (χ4v) is 4.99. The maximum absolute atomic E-state index is 5.64. The number of piperidine rings is 1. The molecule has 0 atom stereocenters. The van der Waals surface area contributed by atoms with Crippen LogP contribution in [0.25, 0.3) is 0 Å². The predicted molar refractivity (Wildman–Crippen MR) is 164 cm³/mol. The molecule has 1 aliphatic heterocycles. The third-order valence-corrected chi connectivity index (χ3v) is 7.27. The molecule has 4 N–H and O–H groups in total. The highest BCUT2D eigenvalue weighted by atomic mass is 16.5. The molecule has 2 heterocycles. The molecular weight excluding hydrogens is 502 g/mol. The topological polar surface area (TPSA) is 110 Å². The zero-order valence-corrected chi connectivity index (χ0v) is 24.8. The largest absolute Gasteiger partial charge is 0.378 e.